The molecule has 0 amide bonds. The maximum absolute atomic E-state index is 6.13. The van der Waals surface area contributed by atoms with Crippen LogP contribution in [0.2, 0.25) is 5.02 Å². The molecule has 0 aliphatic heterocycles. The van der Waals surface area contributed by atoms with E-state index in [1.165, 1.54) is 0 Å². The predicted molar refractivity (Wildman–Crippen MR) is 72.6 cm³/mol. The second-order valence-corrected chi connectivity index (χ2v) is 4.39. The number of halogens is 1. The van der Waals surface area contributed by atoms with Crippen LogP contribution in [0.4, 0.5) is 0 Å². The lowest BCUT2D eigenvalue weighted by molar-refractivity contribution is 0.190. The van der Waals surface area contributed by atoms with E-state index in [-0.39, 0.29) is 6.04 Å². The molecule has 4 nitrogen and oxygen atoms in total. The topological polar surface area (TPSA) is 53.7 Å². The molecule has 0 aliphatic rings. The van der Waals surface area contributed by atoms with Crippen molar-refractivity contribution < 1.29 is 14.2 Å². The summed E-state index contributed by atoms with van der Waals surface area (Å²) in [4.78, 5) is 0. The van der Waals surface area contributed by atoms with Crippen LogP contribution in [0.1, 0.15) is 24.4 Å². The largest absolute Gasteiger partial charge is 0.493 e. The number of rotatable bonds is 7. The van der Waals surface area contributed by atoms with E-state index in [0.717, 1.165) is 18.4 Å². The van der Waals surface area contributed by atoms with Crippen molar-refractivity contribution in [1.82, 2.24) is 0 Å². The van der Waals surface area contributed by atoms with E-state index < -0.39 is 0 Å². The van der Waals surface area contributed by atoms with E-state index >= 15 is 0 Å². The Balaban J connectivity index is 2.86. The molecular weight excluding hydrogens is 254 g/mol. The molecule has 0 aromatic heterocycles. The van der Waals surface area contributed by atoms with Crippen molar-refractivity contribution >= 4 is 11.6 Å². The summed E-state index contributed by atoms with van der Waals surface area (Å²) >= 11 is 6.13. The first kappa shape index (κ1) is 15.1. The Labute approximate surface area is 113 Å². The van der Waals surface area contributed by atoms with Gasteiger partial charge in [-0.05, 0) is 30.5 Å². The lowest BCUT2D eigenvalue weighted by atomic mass is 10.0. The van der Waals surface area contributed by atoms with E-state index in [0.29, 0.717) is 23.1 Å². The molecule has 18 heavy (non-hydrogen) atoms. The van der Waals surface area contributed by atoms with Gasteiger partial charge in [-0.25, -0.2) is 0 Å². The Morgan fingerprint density at radius 1 is 1.22 bits per heavy atom. The summed E-state index contributed by atoms with van der Waals surface area (Å²) in [6, 6.07) is 3.60. The summed E-state index contributed by atoms with van der Waals surface area (Å²) in [6.45, 7) is 0.703. The minimum absolute atomic E-state index is 0.0857. The third-order valence-corrected chi connectivity index (χ3v) is 3.03. The number of methoxy groups -OCH3 is 3. The van der Waals surface area contributed by atoms with Gasteiger partial charge in [0, 0.05) is 19.8 Å². The molecule has 2 N–H and O–H groups in total. The lowest BCUT2D eigenvalue weighted by Crippen LogP contribution is -2.11. The Kier molecular flexibility index (Phi) is 6.25. The molecule has 1 atom stereocenters. The fraction of sp³-hybridized carbons (Fsp3) is 0.538. The number of benzene rings is 1. The van der Waals surface area contributed by atoms with Crippen LogP contribution in [-0.4, -0.2) is 27.9 Å². The summed E-state index contributed by atoms with van der Waals surface area (Å²) < 4.78 is 15.4. The van der Waals surface area contributed by atoms with Gasteiger partial charge in [-0.2, -0.15) is 0 Å². The second-order valence-electron chi connectivity index (χ2n) is 3.98. The van der Waals surface area contributed by atoms with Gasteiger partial charge < -0.3 is 19.9 Å². The molecule has 102 valence electrons. The van der Waals surface area contributed by atoms with Gasteiger partial charge in [-0.3, -0.25) is 0 Å². The maximum atomic E-state index is 6.13. The van der Waals surface area contributed by atoms with Gasteiger partial charge in [0.05, 0.1) is 19.2 Å². The molecule has 0 saturated heterocycles. The van der Waals surface area contributed by atoms with Crippen LogP contribution in [0.15, 0.2) is 12.1 Å². The number of hydrogen-bond acceptors (Lipinski definition) is 4. The summed E-state index contributed by atoms with van der Waals surface area (Å²) in [5.74, 6) is 1.13. The highest BCUT2D eigenvalue weighted by molar-refractivity contribution is 6.32. The highest BCUT2D eigenvalue weighted by atomic mass is 35.5. The lowest BCUT2D eigenvalue weighted by Gasteiger charge is -2.16. The zero-order chi connectivity index (χ0) is 13.5. The van der Waals surface area contributed by atoms with Crippen molar-refractivity contribution in [2.75, 3.05) is 27.9 Å². The summed E-state index contributed by atoms with van der Waals surface area (Å²) in [7, 11) is 4.81. The molecule has 1 aromatic carbocycles. The fourth-order valence-electron chi connectivity index (χ4n) is 1.77. The molecule has 1 unspecified atom stereocenters. The van der Waals surface area contributed by atoms with E-state index in [9.17, 15) is 0 Å². The maximum Gasteiger partial charge on any atom is 0.179 e. The van der Waals surface area contributed by atoms with E-state index in [2.05, 4.69) is 0 Å². The van der Waals surface area contributed by atoms with Gasteiger partial charge >= 0.3 is 0 Å². The van der Waals surface area contributed by atoms with E-state index in [1.807, 2.05) is 12.1 Å². The number of ether oxygens (including phenoxy) is 3. The van der Waals surface area contributed by atoms with E-state index in [1.54, 1.807) is 21.3 Å². The summed E-state index contributed by atoms with van der Waals surface area (Å²) in [5.41, 5.74) is 7.05. The van der Waals surface area contributed by atoms with Gasteiger partial charge in [0.15, 0.2) is 11.5 Å². The zero-order valence-corrected chi connectivity index (χ0v) is 11.8. The molecule has 1 aromatic rings. The molecule has 1 rings (SSSR count). The van der Waals surface area contributed by atoms with Crippen LogP contribution in [0, 0.1) is 0 Å². The molecular formula is C13H20ClNO3. The van der Waals surface area contributed by atoms with Crippen molar-refractivity contribution in [2.45, 2.75) is 18.9 Å². The molecule has 0 saturated carbocycles. The normalized spacial score (nSPS) is 12.3. The van der Waals surface area contributed by atoms with Crippen molar-refractivity contribution in [2.24, 2.45) is 5.73 Å². The first-order valence-electron chi connectivity index (χ1n) is 5.80. The van der Waals surface area contributed by atoms with Crippen molar-refractivity contribution in [3.8, 4) is 11.5 Å². The molecule has 0 spiro atoms. The average molecular weight is 274 g/mol. The van der Waals surface area contributed by atoms with Gasteiger partial charge in [0.1, 0.15) is 0 Å². The molecule has 0 fully saturated rings. The third-order valence-electron chi connectivity index (χ3n) is 2.75. The smallest absolute Gasteiger partial charge is 0.179 e. The van der Waals surface area contributed by atoms with Crippen LogP contribution in [0.25, 0.3) is 0 Å². The Bertz CT molecular complexity index is 385. The standard InChI is InChI=1S/C13H20ClNO3/c1-16-6-4-5-11(15)9-7-10(14)13(18-3)12(8-9)17-2/h7-8,11H,4-6,15H2,1-3H3. The molecule has 0 heterocycles. The quantitative estimate of drug-likeness (QED) is 0.776. The first-order valence-corrected chi connectivity index (χ1v) is 6.17. The summed E-state index contributed by atoms with van der Waals surface area (Å²) in [6.07, 6.45) is 1.74. The SMILES string of the molecule is COCCCC(N)c1cc(Cl)c(OC)c(OC)c1. The molecule has 0 aliphatic carbocycles. The monoisotopic (exact) mass is 273 g/mol. The van der Waals surface area contributed by atoms with Gasteiger partial charge in [-0.1, -0.05) is 11.6 Å². The van der Waals surface area contributed by atoms with Crippen LogP contribution >= 0.6 is 11.6 Å². The molecule has 5 heteroatoms. The van der Waals surface area contributed by atoms with Crippen LogP contribution in [0.3, 0.4) is 0 Å². The van der Waals surface area contributed by atoms with Crippen LogP contribution in [0.5, 0.6) is 11.5 Å². The molecule has 0 radical (unpaired) electrons. The van der Waals surface area contributed by atoms with Crippen molar-refractivity contribution in [1.29, 1.82) is 0 Å². The Morgan fingerprint density at radius 2 is 1.94 bits per heavy atom. The van der Waals surface area contributed by atoms with Crippen molar-refractivity contribution in [3.05, 3.63) is 22.7 Å². The highest BCUT2D eigenvalue weighted by Crippen LogP contribution is 2.37. The van der Waals surface area contributed by atoms with Gasteiger partial charge in [0.2, 0.25) is 0 Å². The molecule has 0 bridgehead atoms. The Morgan fingerprint density at radius 3 is 2.50 bits per heavy atom. The number of nitrogens with two attached hydrogens (primary N) is 1. The van der Waals surface area contributed by atoms with Crippen LogP contribution in [-0.2, 0) is 4.74 Å². The third kappa shape index (κ3) is 3.77. The average Bonchev–Trinajstić information content (AvgIpc) is 2.37. The van der Waals surface area contributed by atoms with Crippen LogP contribution < -0.4 is 15.2 Å². The first-order chi connectivity index (χ1) is 8.63. The predicted octanol–water partition coefficient (Wildman–Crippen LogP) is 2.78. The van der Waals surface area contributed by atoms with E-state index in [4.69, 9.17) is 31.5 Å². The van der Waals surface area contributed by atoms with Gasteiger partial charge in [0.25, 0.3) is 0 Å². The minimum Gasteiger partial charge on any atom is -0.493 e. The zero-order valence-electron chi connectivity index (χ0n) is 11.0. The summed E-state index contributed by atoms with van der Waals surface area (Å²) in [5, 5.41) is 0.508. The fourth-order valence-corrected chi connectivity index (χ4v) is 2.06. The van der Waals surface area contributed by atoms with Gasteiger partial charge in [-0.15, -0.1) is 0 Å². The minimum atomic E-state index is -0.0857. The highest BCUT2D eigenvalue weighted by Gasteiger charge is 2.14. The second kappa shape index (κ2) is 7.46. The number of hydrogen-bond donors (Lipinski definition) is 1. The van der Waals surface area contributed by atoms with Crippen molar-refractivity contribution in [3.63, 3.8) is 0 Å². The Hall–Kier alpha value is -0.970.